The van der Waals surface area contributed by atoms with Gasteiger partial charge in [0.05, 0.1) is 38.1 Å². The van der Waals surface area contributed by atoms with Gasteiger partial charge in [-0.2, -0.15) is 0 Å². The van der Waals surface area contributed by atoms with Gasteiger partial charge in [0, 0.05) is 13.0 Å². The molecule has 3 rings (SSSR count). The van der Waals surface area contributed by atoms with E-state index >= 15 is 0 Å². The van der Waals surface area contributed by atoms with Crippen molar-refractivity contribution >= 4 is 11.6 Å². The molecule has 2 N–H and O–H groups in total. The highest BCUT2D eigenvalue weighted by Gasteiger charge is 2.42. The standard InChI is InChI=1S/C15H20N2O4/c1-19-13-11(4-2-5-12(13)16)14(18)17-7-3-6-15(10-17)20-8-9-21-15/h2,4-5H,3,6-10,16H2,1H3. The zero-order valence-electron chi connectivity index (χ0n) is 12.1. The highest BCUT2D eigenvalue weighted by molar-refractivity contribution is 5.98. The number of piperidine rings is 1. The summed E-state index contributed by atoms with van der Waals surface area (Å²) in [6.07, 6.45) is 1.68. The number of methoxy groups -OCH3 is 1. The number of ether oxygens (including phenoxy) is 3. The predicted molar refractivity (Wildman–Crippen MR) is 77.2 cm³/mol. The molecule has 2 fully saturated rings. The van der Waals surface area contributed by atoms with Gasteiger partial charge in [0.2, 0.25) is 0 Å². The molecule has 1 spiro atoms. The molecule has 2 aliphatic rings. The van der Waals surface area contributed by atoms with Crippen molar-refractivity contribution in [1.29, 1.82) is 0 Å². The van der Waals surface area contributed by atoms with E-state index < -0.39 is 5.79 Å². The number of amides is 1. The number of carbonyl (C=O) groups is 1. The summed E-state index contributed by atoms with van der Waals surface area (Å²) in [4.78, 5) is 14.5. The van der Waals surface area contributed by atoms with Crippen molar-refractivity contribution in [3.8, 4) is 5.75 Å². The van der Waals surface area contributed by atoms with Gasteiger partial charge in [-0.15, -0.1) is 0 Å². The van der Waals surface area contributed by atoms with Gasteiger partial charge in [-0.05, 0) is 18.6 Å². The van der Waals surface area contributed by atoms with Gasteiger partial charge in [0.25, 0.3) is 5.91 Å². The number of hydrogen-bond donors (Lipinski definition) is 1. The van der Waals surface area contributed by atoms with Gasteiger partial charge in [-0.25, -0.2) is 0 Å². The Balaban J connectivity index is 1.83. The van der Waals surface area contributed by atoms with Crippen LogP contribution in [0.3, 0.4) is 0 Å². The number of nitrogens with zero attached hydrogens (tertiary/aromatic N) is 1. The molecule has 0 aromatic heterocycles. The first-order chi connectivity index (χ1) is 10.2. The Bertz CT molecular complexity index is 540. The lowest BCUT2D eigenvalue weighted by Crippen LogP contribution is -2.51. The van der Waals surface area contributed by atoms with E-state index in [1.54, 1.807) is 23.1 Å². The lowest BCUT2D eigenvalue weighted by atomic mass is 10.0. The third-order valence-electron chi connectivity index (χ3n) is 4.00. The third kappa shape index (κ3) is 2.56. The highest BCUT2D eigenvalue weighted by atomic mass is 16.7. The number of rotatable bonds is 2. The Hall–Kier alpha value is -1.79. The van der Waals surface area contributed by atoms with Crippen LogP contribution in [0.1, 0.15) is 23.2 Å². The number of hydrogen-bond acceptors (Lipinski definition) is 5. The molecule has 21 heavy (non-hydrogen) atoms. The van der Waals surface area contributed by atoms with Crippen molar-refractivity contribution < 1.29 is 19.0 Å². The minimum absolute atomic E-state index is 0.0997. The molecule has 0 radical (unpaired) electrons. The van der Waals surface area contributed by atoms with Crippen molar-refractivity contribution in [2.75, 3.05) is 39.1 Å². The number of para-hydroxylation sites is 1. The second-order valence-corrected chi connectivity index (χ2v) is 5.37. The minimum Gasteiger partial charge on any atom is -0.494 e. The van der Waals surface area contributed by atoms with Crippen LogP contribution in [-0.2, 0) is 9.47 Å². The lowest BCUT2D eigenvalue weighted by Gasteiger charge is -2.38. The Morgan fingerprint density at radius 2 is 2.14 bits per heavy atom. The molecule has 1 amide bonds. The van der Waals surface area contributed by atoms with Crippen LogP contribution in [-0.4, -0.2) is 50.0 Å². The van der Waals surface area contributed by atoms with Crippen molar-refractivity contribution in [3.63, 3.8) is 0 Å². The van der Waals surface area contributed by atoms with Crippen molar-refractivity contribution in [2.45, 2.75) is 18.6 Å². The van der Waals surface area contributed by atoms with Crippen molar-refractivity contribution in [3.05, 3.63) is 23.8 Å². The molecular weight excluding hydrogens is 272 g/mol. The summed E-state index contributed by atoms with van der Waals surface area (Å²) in [6, 6.07) is 5.21. The van der Waals surface area contributed by atoms with Crippen LogP contribution >= 0.6 is 0 Å². The Kier molecular flexibility index (Phi) is 3.73. The van der Waals surface area contributed by atoms with Gasteiger partial charge in [-0.1, -0.05) is 6.07 Å². The zero-order valence-corrected chi connectivity index (χ0v) is 12.1. The van der Waals surface area contributed by atoms with E-state index in [9.17, 15) is 4.79 Å². The first-order valence-electron chi connectivity index (χ1n) is 7.15. The summed E-state index contributed by atoms with van der Waals surface area (Å²) >= 11 is 0. The molecule has 6 heteroatoms. The summed E-state index contributed by atoms with van der Waals surface area (Å²) in [5.41, 5.74) is 6.81. The molecule has 2 heterocycles. The van der Waals surface area contributed by atoms with E-state index in [0.717, 1.165) is 12.8 Å². The minimum atomic E-state index is -0.624. The van der Waals surface area contributed by atoms with E-state index in [1.165, 1.54) is 7.11 Å². The maximum Gasteiger partial charge on any atom is 0.257 e. The van der Waals surface area contributed by atoms with Gasteiger partial charge < -0.3 is 24.8 Å². The molecule has 6 nitrogen and oxygen atoms in total. The van der Waals surface area contributed by atoms with E-state index in [4.69, 9.17) is 19.9 Å². The molecule has 0 unspecified atom stereocenters. The molecule has 0 aliphatic carbocycles. The Labute approximate surface area is 123 Å². The fraction of sp³-hybridized carbons (Fsp3) is 0.533. The molecule has 1 aromatic rings. The van der Waals surface area contributed by atoms with E-state index in [-0.39, 0.29) is 5.91 Å². The SMILES string of the molecule is COc1c(N)cccc1C(=O)N1CCCC2(C1)OCCO2. The normalized spacial score (nSPS) is 20.7. The van der Waals surface area contributed by atoms with E-state index in [0.29, 0.717) is 43.3 Å². The Morgan fingerprint density at radius 3 is 2.86 bits per heavy atom. The summed E-state index contributed by atoms with van der Waals surface area (Å²) in [5.74, 6) is -0.297. The average Bonchev–Trinajstić information content (AvgIpc) is 2.94. The van der Waals surface area contributed by atoms with Crippen molar-refractivity contribution in [1.82, 2.24) is 4.90 Å². The summed E-state index contributed by atoms with van der Waals surface area (Å²) in [6.45, 7) is 2.31. The van der Waals surface area contributed by atoms with Crippen LogP contribution in [0.25, 0.3) is 0 Å². The van der Waals surface area contributed by atoms with Gasteiger partial charge in [0.15, 0.2) is 11.5 Å². The molecule has 1 aromatic carbocycles. The van der Waals surface area contributed by atoms with Crippen LogP contribution in [0.15, 0.2) is 18.2 Å². The molecule has 114 valence electrons. The van der Waals surface area contributed by atoms with Crippen LogP contribution < -0.4 is 10.5 Å². The molecule has 0 bridgehead atoms. The van der Waals surface area contributed by atoms with Crippen LogP contribution in [0.2, 0.25) is 0 Å². The van der Waals surface area contributed by atoms with Crippen LogP contribution in [0.4, 0.5) is 5.69 Å². The third-order valence-corrected chi connectivity index (χ3v) is 4.00. The number of likely N-dealkylation sites (tertiary alicyclic amines) is 1. The molecule has 0 saturated carbocycles. The topological polar surface area (TPSA) is 74.0 Å². The van der Waals surface area contributed by atoms with Crippen LogP contribution in [0.5, 0.6) is 5.75 Å². The van der Waals surface area contributed by atoms with Crippen LogP contribution in [0, 0.1) is 0 Å². The van der Waals surface area contributed by atoms with Gasteiger partial charge in [0.1, 0.15) is 0 Å². The number of nitrogen functional groups attached to an aromatic ring is 1. The summed E-state index contributed by atoms with van der Waals surface area (Å²) < 4.78 is 16.7. The fourth-order valence-corrected chi connectivity index (χ4v) is 3.02. The summed E-state index contributed by atoms with van der Waals surface area (Å²) in [7, 11) is 1.52. The fourth-order valence-electron chi connectivity index (χ4n) is 3.02. The van der Waals surface area contributed by atoms with E-state index in [2.05, 4.69) is 0 Å². The first kappa shape index (κ1) is 14.2. The lowest BCUT2D eigenvalue weighted by molar-refractivity contribution is -0.183. The molecule has 2 saturated heterocycles. The number of benzene rings is 1. The number of nitrogens with two attached hydrogens (primary N) is 1. The largest absolute Gasteiger partial charge is 0.494 e. The predicted octanol–water partition coefficient (Wildman–Crippen LogP) is 1.26. The van der Waals surface area contributed by atoms with Crippen molar-refractivity contribution in [2.24, 2.45) is 0 Å². The van der Waals surface area contributed by atoms with Gasteiger partial charge in [-0.3, -0.25) is 4.79 Å². The number of carbonyl (C=O) groups excluding carboxylic acids is 1. The second kappa shape index (κ2) is 5.54. The molecule has 0 atom stereocenters. The van der Waals surface area contributed by atoms with Gasteiger partial charge >= 0.3 is 0 Å². The number of anilines is 1. The first-order valence-corrected chi connectivity index (χ1v) is 7.15. The smallest absolute Gasteiger partial charge is 0.257 e. The molecule has 2 aliphatic heterocycles. The average molecular weight is 292 g/mol. The maximum atomic E-state index is 12.8. The monoisotopic (exact) mass is 292 g/mol. The second-order valence-electron chi connectivity index (χ2n) is 5.37. The Morgan fingerprint density at radius 1 is 1.38 bits per heavy atom. The highest BCUT2D eigenvalue weighted by Crippen LogP contribution is 2.33. The summed E-state index contributed by atoms with van der Waals surface area (Å²) in [5, 5.41) is 0. The molecular formula is C15H20N2O4. The maximum absolute atomic E-state index is 12.8. The zero-order chi connectivity index (χ0) is 14.9. The van der Waals surface area contributed by atoms with E-state index in [1.807, 2.05) is 0 Å². The quantitative estimate of drug-likeness (QED) is 0.831.